The fraction of sp³-hybridized carbons (Fsp3) is 0.364. The number of hydrogen-bond acceptors (Lipinski definition) is 3. The van der Waals surface area contributed by atoms with Gasteiger partial charge in [-0.25, -0.2) is 4.79 Å². The predicted molar refractivity (Wildman–Crippen MR) is 62.1 cm³/mol. The number of rotatable bonds is 5. The molecule has 0 spiro atoms. The molecule has 0 saturated heterocycles. The number of nitrogens with one attached hydrogen (secondary N) is 1. The van der Waals surface area contributed by atoms with E-state index in [4.69, 9.17) is 5.11 Å². The minimum absolute atomic E-state index is 0.267. The highest BCUT2D eigenvalue weighted by Gasteiger charge is 2.04. The Kier molecular flexibility index (Phi) is 4.52. The van der Waals surface area contributed by atoms with Gasteiger partial charge in [-0.2, -0.15) is 0 Å². The molecular weight excluding hydrogens is 210 g/mol. The molecule has 0 aliphatic rings. The summed E-state index contributed by atoms with van der Waals surface area (Å²) in [6.45, 7) is 4.24. The van der Waals surface area contributed by atoms with Crippen molar-refractivity contribution >= 4 is 17.3 Å². The monoisotopic (exact) mass is 225 g/mol. The molecular formula is C11H15NO2S. The second-order valence-electron chi connectivity index (χ2n) is 3.34. The molecule has 0 fully saturated rings. The van der Waals surface area contributed by atoms with Crippen LogP contribution in [0.3, 0.4) is 0 Å². The third-order valence-electron chi connectivity index (χ3n) is 2.14. The summed E-state index contributed by atoms with van der Waals surface area (Å²) >= 11 is 1.70. The van der Waals surface area contributed by atoms with Gasteiger partial charge in [-0.3, -0.25) is 0 Å². The highest BCUT2D eigenvalue weighted by Crippen LogP contribution is 2.17. The lowest BCUT2D eigenvalue weighted by Crippen LogP contribution is -2.18. The van der Waals surface area contributed by atoms with E-state index in [1.807, 2.05) is 11.4 Å². The standard InChI is InChI=1S/C11H15NO2S/c1-8(11(13)14)5-6-12-9(2)10-4-3-7-15-10/h3-5,7,9,12H,6H2,1-2H3,(H,13,14)/b8-5-/t9-/m0/s1. The van der Waals surface area contributed by atoms with Gasteiger partial charge in [-0.1, -0.05) is 12.1 Å². The molecule has 0 aliphatic heterocycles. The minimum atomic E-state index is -0.861. The van der Waals surface area contributed by atoms with E-state index in [0.717, 1.165) is 0 Å². The normalized spacial score (nSPS) is 13.9. The van der Waals surface area contributed by atoms with Gasteiger partial charge >= 0.3 is 5.97 Å². The van der Waals surface area contributed by atoms with Gasteiger partial charge in [0.15, 0.2) is 0 Å². The number of carboxylic acids is 1. The van der Waals surface area contributed by atoms with Crippen molar-refractivity contribution in [1.82, 2.24) is 5.32 Å². The van der Waals surface area contributed by atoms with Gasteiger partial charge in [-0.15, -0.1) is 11.3 Å². The molecule has 0 saturated carbocycles. The Labute approximate surface area is 93.4 Å². The average molecular weight is 225 g/mol. The van der Waals surface area contributed by atoms with Gasteiger partial charge in [0, 0.05) is 23.0 Å². The Morgan fingerprint density at radius 1 is 1.73 bits per heavy atom. The third-order valence-corrected chi connectivity index (χ3v) is 3.19. The number of carboxylic acid groups (broad SMARTS) is 1. The molecule has 3 nitrogen and oxygen atoms in total. The molecule has 1 atom stereocenters. The van der Waals surface area contributed by atoms with Crippen LogP contribution in [0.15, 0.2) is 29.2 Å². The molecule has 0 amide bonds. The van der Waals surface area contributed by atoms with Crippen LogP contribution in [-0.4, -0.2) is 17.6 Å². The van der Waals surface area contributed by atoms with Crippen LogP contribution >= 0.6 is 11.3 Å². The maximum absolute atomic E-state index is 10.5. The van der Waals surface area contributed by atoms with Gasteiger partial charge in [0.05, 0.1) is 0 Å². The van der Waals surface area contributed by atoms with Gasteiger partial charge in [0.1, 0.15) is 0 Å². The van der Waals surface area contributed by atoms with Crippen molar-refractivity contribution in [1.29, 1.82) is 0 Å². The smallest absolute Gasteiger partial charge is 0.330 e. The molecule has 1 aromatic heterocycles. The third kappa shape index (κ3) is 3.85. The highest BCUT2D eigenvalue weighted by molar-refractivity contribution is 7.10. The second kappa shape index (κ2) is 5.68. The largest absolute Gasteiger partial charge is 0.478 e. The molecule has 15 heavy (non-hydrogen) atoms. The Morgan fingerprint density at radius 3 is 3.00 bits per heavy atom. The van der Waals surface area contributed by atoms with Crippen molar-refractivity contribution in [3.8, 4) is 0 Å². The molecule has 82 valence electrons. The highest BCUT2D eigenvalue weighted by atomic mass is 32.1. The van der Waals surface area contributed by atoms with Crippen molar-refractivity contribution in [2.45, 2.75) is 19.9 Å². The first-order valence-electron chi connectivity index (χ1n) is 4.78. The molecule has 1 aromatic rings. The van der Waals surface area contributed by atoms with E-state index in [-0.39, 0.29) is 6.04 Å². The van der Waals surface area contributed by atoms with Gasteiger partial charge in [0.2, 0.25) is 0 Å². The average Bonchev–Trinajstić information content (AvgIpc) is 2.70. The lowest BCUT2D eigenvalue weighted by molar-refractivity contribution is -0.132. The molecule has 0 unspecified atom stereocenters. The fourth-order valence-corrected chi connectivity index (χ4v) is 1.87. The van der Waals surface area contributed by atoms with Crippen LogP contribution in [-0.2, 0) is 4.79 Å². The summed E-state index contributed by atoms with van der Waals surface area (Å²) in [5, 5.41) is 13.9. The fourth-order valence-electron chi connectivity index (χ4n) is 1.11. The number of hydrogen-bond donors (Lipinski definition) is 2. The van der Waals surface area contributed by atoms with Crippen molar-refractivity contribution in [2.75, 3.05) is 6.54 Å². The van der Waals surface area contributed by atoms with Crippen LogP contribution in [0.4, 0.5) is 0 Å². The number of thiophene rings is 1. The second-order valence-corrected chi connectivity index (χ2v) is 4.32. The van der Waals surface area contributed by atoms with Crippen LogP contribution in [0.25, 0.3) is 0 Å². The molecule has 4 heteroatoms. The Bertz CT molecular complexity index is 343. The summed E-state index contributed by atoms with van der Waals surface area (Å²) in [5.74, 6) is -0.861. The van der Waals surface area contributed by atoms with Crippen molar-refractivity contribution < 1.29 is 9.90 Å². The van der Waals surface area contributed by atoms with Crippen molar-refractivity contribution in [2.24, 2.45) is 0 Å². The van der Waals surface area contributed by atoms with E-state index in [0.29, 0.717) is 12.1 Å². The first kappa shape index (κ1) is 11.9. The van der Waals surface area contributed by atoms with Crippen molar-refractivity contribution in [3.63, 3.8) is 0 Å². The summed E-state index contributed by atoms with van der Waals surface area (Å²) in [6.07, 6.45) is 1.69. The van der Waals surface area contributed by atoms with E-state index < -0.39 is 5.97 Å². The van der Waals surface area contributed by atoms with Crippen LogP contribution in [0.2, 0.25) is 0 Å². The minimum Gasteiger partial charge on any atom is -0.478 e. The molecule has 1 heterocycles. The zero-order valence-corrected chi connectivity index (χ0v) is 9.67. The van der Waals surface area contributed by atoms with E-state index in [2.05, 4.69) is 18.3 Å². The Balaban J connectivity index is 2.38. The topological polar surface area (TPSA) is 49.3 Å². The number of aliphatic carboxylic acids is 1. The molecule has 0 aliphatic carbocycles. The number of carbonyl (C=O) groups is 1. The van der Waals surface area contributed by atoms with Gasteiger partial charge in [0.25, 0.3) is 0 Å². The summed E-state index contributed by atoms with van der Waals surface area (Å²) in [4.78, 5) is 11.8. The maximum Gasteiger partial charge on any atom is 0.330 e. The van der Waals surface area contributed by atoms with Crippen LogP contribution in [0.1, 0.15) is 24.8 Å². The van der Waals surface area contributed by atoms with Crippen molar-refractivity contribution in [3.05, 3.63) is 34.0 Å². The molecule has 0 radical (unpaired) electrons. The van der Waals surface area contributed by atoms with Crippen LogP contribution in [0.5, 0.6) is 0 Å². The summed E-state index contributed by atoms with van der Waals surface area (Å²) in [5.41, 5.74) is 0.376. The van der Waals surface area contributed by atoms with E-state index in [9.17, 15) is 4.79 Å². The first-order valence-corrected chi connectivity index (χ1v) is 5.66. The summed E-state index contributed by atoms with van der Waals surface area (Å²) in [6, 6.07) is 4.34. The van der Waals surface area contributed by atoms with E-state index >= 15 is 0 Å². The Hall–Kier alpha value is -1.13. The van der Waals surface area contributed by atoms with Gasteiger partial charge in [-0.05, 0) is 25.3 Å². The molecule has 1 rings (SSSR count). The first-order chi connectivity index (χ1) is 7.11. The zero-order valence-electron chi connectivity index (χ0n) is 8.86. The lowest BCUT2D eigenvalue weighted by Gasteiger charge is -2.09. The predicted octanol–water partition coefficient (Wildman–Crippen LogP) is 2.43. The maximum atomic E-state index is 10.5. The zero-order chi connectivity index (χ0) is 11.3. The van der Waals surface area contributed by atoms with Crippen LogP contribution in [0, 0.1) is 0 Å². The molecule has 0 bridgehead atoms. The Morgan fingerprint density at radius 2 is 2.47 bits per heavy atom. The lowest BCUT2D eigenvalue weighted by atomic mass is 10.2. The summed E-state index contributed by atoms with van der Waals surface area (Å²) < 4.78 is 0. The van der Waals surface area contributed by atoms with Gasteiger partial charge < -0.3 is 10.4 Å². The molecule has 0 aromatic carbocycles. The summed E-state index contributed by atoms with van der Waals surface area (Å²) in [7, 11) is 0. The van der Waals surface area contributed by atoms with E-state index in [1.54, 1.807) is 24.3 Å². The molecule has 2 N–H and O–H groups in total. The van der Waals surface area contributed by atoms with E-state index in [1.165, 1.54) is 4.88 Å². The quantitative estimate of drug-likeness (QED) is 0.757. The SMILES string of the molecule is C/C(=C/CN[C@@H](C)c1cccs1)C(=O)O. The van der Waals surface area contributed by atoms with Crippen LogP contribution < -0.4 is 5.32 Å².